The van der Waals surface area contributed by atoms with Crippen LogP contribution < -0.4 is 159 Å². The van der Waals surface area contributed by atoms with E-state index in [1.165, 1.54) is 11.1 Å². The second-order valence-electron chi connectivity index (χ2n) is 22.8. The smallest absolute Gasteiger partial charge is 0.588 e. The Balaban J connectivity index is 0.000000261. The maximum Gasteiger partial charge on any atom is 1.00 e. The first-order chi connectivity index (χ1) is 43.0. The minimum atomic E-state index is -2.29. The van der Waals surface area contributed by atoms with E-state index in [-0.39, 0.29) is 154 Å². The van der Waals surface area contributed by atoms with E-state index in [9.17, 15) is 14.0 Å². The van der Waals surface area contributed by atoms with Crippen molar-refractivity contribution in [2.75, 3.05) is 157 Å². The van der Waals surface area contributed by atoms with Crippen LogP contribution in [-0.4, -0.2) is 213 Å². The fourth-order valence-corrected chi connectivity index (χ4v) is 48.6. The zero-order valence-electron chi connectivity index (χ0n) is 59.6. The average Bonchev–Trinajstić information content (AvgIpc) is 0.740. The van der Waals surface area contributed by atoms with Crippen LogP contribution in [0.1, 0.15) is 133 Å². The number of nitrogens with zero attached hydrogens (tertiary/aromatic N) is 21. The molecule has 36 heteroatoms. The van der Waals surface area contributed by atoms with Crippen LogP contribution in [0.3, 0.4) is 0 Å². The van der Waals surface area contributed by atoms with Gasteiger partial charge in [0, 0.05) is 157 Å². The molecule has 0 N–H and O–H groups in total. The van der Waals surface area contributed by atoms with Gasteiger partial charge in [-0.3, -0.25) is 37.4 Å². The summed E-state index contributed by atoms with van der Waals surface area (Å²) in [5.41, 5.74) is 2.64. The average molecular weight is 1520 g/mol. The van der Waals surface area contributed by atoms with E-state index >= 15 is 0 Å². The number of hydrogen-bond donors (Lipinski definition) is 0. The summed E-state index contributed by atoms with van der Waals surface area (Å²) in [7, 11) is -19.5. The third-order valence-electron chi connectivity index (χ3n) is 17.7. The molecule has 0 amide bonds. The van der Waals surface area contributed by atoms with E-state index in [1.54, 1.807) is 0 Å². The van der Waals surface area contributed by atoms with Gasteiger partial charge in [-0.15, -0.1) is 0 Å². The molecular formula is C56H112K3N21O3P9+3. The van der Waals surface area contributed by atoms with Gasteiger partial charge in [0.25, 0.3) is 15.0 Å². The second kappa shape index (κ2) is 43.1. The predicted molar refractivity (Wildman–Crippen MR) is 384 cm³/mol. The molecular weight excluding hydrogens is 1410 g/mol. The second-order valence-corrected chi connectivity index (χ2v) is 44.0. The fourth-order valence-electron chi connectivity index (χ4n) is 13.2. The Kier molecular flexibility index (Phi) is 41.7. The van der Waals surface area contributed by atoms with Gasteiger partial charge in [0.15, 0.2) is 0 Å². The fraction of sp³-hybridized carbons (Fsp3) is 0.786. The zero-order chi connectivity index (χ0) is 64.5. The Bertz CT molecular complexity index is 2670. The molecule has 9 aliphatic rings. The van der Waals surface area contributed by atoms with E-state index in [0.717, 1.165) is 196 Å². The number of benzene rings is 2. The molecule has 1 unspecified atom stereocenters. The summed E-state index contributed by atoms with van der Waals surface area (Å²) in [6.45, 7) is 53.0. The van der Waals surface area contributed by atoms with Gasteiger partial charge in [-0.1, -0.05) is 155 Å². The van der Waals surface area contributed by atoms with E-state index in [4.69, 9.17) is 41.3 Å². The summed E-state index contributed by atoms with van der Waals surface area (Å²) in [4.78, 5) is 24.0. The van der Waals surface area contributed by atoms with Crippen LogP contribution in [0, 0.1) is 13.8 Å². The number of hydrogen-bond acceptors (Lipinski definition) is 18. The molecule has 6 saturated heterocycles. The summed E-state index contributed by atoms with van der Waals surface area (Å²) >= 11 is 0. The van der Waals surface area contributed by atoms with Crippen LogP contribution in [0.15, 0.2) is 92.3 Å². The normalized spacial score (nSPS) is 25.4. The van der Waals surface area contributed by atoms with Gasteiger partial charge in [-0.25, -0.2) is 18.7 Å². The third-order valence-corrected chi connectivity index (χ3v) is 47.8. The van der Waals surface area contributed by atoms with Crippen LogP contribution in [0.4, 0.5) is 0 Å². The van der Waals surface area contributed by atoms with Crippen LogP contribution in [0.2, 0.25) is 0 Å². The first kappa shape index (κ1) is 88.8. The van der Waals surface area contributed by atoms with Crippen molar-refractivity contribution >= 4 is 69.3 Å². The topological polar surface area (TPSA) is 211 Å². The first-order valence-electron chi connectivity index (χ1n) is 33.4. The number of rotatable bonds is 12. The molecule has 2 aromatic rings. The molecule has 6 fully saturated rings. The van der Waals surface area contributed by atoms with Crippen LogP contribution in [0.25, 0.3) is 9.72 Å². The Morgan fingerprint density at radius 2 is 0.554 bits per heavy atom. The molecule has 0 radical (unpaired) electrons. The van der Waals surface area contributed by atoms with Gasteiger partial charge in [-0.05, 0) is 88.6 Å². The molecule has 6 spiro atoms. The van der Waals surface area contributed by atoms with Crippen LogP contribution >= 0.6 is 69.3 Å². The quantitative estimate of drug-likeness (QED) is 0.143. The summed E-state index contributed by atoms with van der Waals surface area (Å²) in [5.74, 6) is 0. The van der Waals surface area contributed by atoms with Crippen molar-refractivity contribution < 1.29 is 168 Å². The molecule has 9 heterocycles. The summed E-state index contributed by atoms with van der Waals surface area (Å²) < 4.78 is 89.0. The van der Waals surface area contributed by atoms with Gasteiger partial charge in [-0.2, -0.15) is 4.52 Å². The van der Waals surface area contributed by atoms with Crippen molar-refractivity contribution in [3.05, 3.63) is 81.5 Å². The van der Waals surface area contributed by atoms with Crippen molar-refractivity contribution in [2.24, 2.45) is 31.6 Å². The molecule has 11 rings (SSSR count). The van der Waals surface area contributed by atoms with Crippen molar-refractivity contribution in [1.82, 2.24) is 56.0 Å². The Morgan fingerprint density at radius 1 is 0.348 bits per heavy atom. The SMILES string of the molecule is CCN1CCCN(CC)P12=N[P+](=O)N=P1([N-]2)N(CC)CCCN1CC.CCN1CCCN(CC)P12=N[P+](=O)N=P1([N-]2)N(CC)CCCN1CC.CCN1CCCN(CC)P12=N[P+]([O-])=NP1(=N2)N(CC)CCCN1CC.Cc1ccccc1.Cc1ccccc1.[K+].[K+].[K+]. The van der Waals surface area contributed by atoms with E-state index in [0.29, 0.717) is 0 Å². The maximum atomic E-state index is 13.0. The monoisotopic (exact) mass is 1520 g/mol. The van der Waals surface area contributed by atoms with Crippen molar-refractivity contribution in [1.29, 1.82) is 0 Å². The van der Waals surface area contributed by atoms with Gasteiger partial charge in [0.05, 0.1) is 30.0 Å². The van der Waals surface area contributed by atoms with Gasteiger partial charge in [0.1, 0.15) is 0 Å². The van der Waals surface area contributed by atoms with Crippen molar-refractivity contribution in [3.63, 3.8) is 0 Å². The molecule has 504 valence electrons. The van der Waals surface area contributed by atoms with E-state index < -0.39 is 69.3 Å². The predicted octanol–water partition coefficient (Wildman–Crippen LogP) is 8.88. The van der Waals surface area contributed by atoms with Gasteiger partial charge < -0.3 is 14.6 Å². The van der Waals surface area contributed by atoms with E-state index in [1.807, 2.05) is 36.4 Å². The minimum Gasteiger partial charge on any atom is -0.588 e. The van der Waals surface area contributed by atoms with Gasteiger partial charge >= 0.3 is 178 Å². The Labute approximate surface area is 688 Å². The van der Waals surface area contributed by atoms with Gasteiger partial charge in [0.2, 0.25) is 0 Å². The zero-order valence-corrected chi connectivity index (χ0v) is 77.0. The Morgan fingerprint density at radius 3 is 0.750 bits per heavy atom. The molecule has 0 aromatic heterocycles. The molecule has 0 aliphatic carbocycles. The Hall–Kier alpha value is 4.43. The summed E-state index contributed by atoms with van der Waals surface area (Å²) in [6, 6.07) is 20.5. The van der Waals surface area contributed by atoms with Crippen LogP contribution in [-0.2, 0) is 9.13 Å². The third kappa shape index (κ3) is 20.5. The van der Waals surface area contributed by atoms with E-state index in [2.05, 4.69) is 177 Å². The van der Waals surface area contributed by atoms with Crippen LogP contribution in [0.5, 0.6) is 0 Å². The van der Waals surface area contributed by atoms with Crippen molar-refractivity contribution in [2.45, 2.75) is 135 Å². The molecule has 0 saturated carbocycles. The molecule has 0 bridgehead atoms. The molecule has 1 atom stereocenters. The largest absolute Gasteiger partial charge is 1.00 e. The molecule has 9 aliphatic heterocycles. The first-order valence-corrected chi connectivity index (χ1v) is 46.5. The molecule has 2 aromatic carbocycles. The number of aryl methyl sites for hydroxylation is 2. The standard InChI is InChI=1S/3C14H32N7OP3.2C7H8.3K/c3*1-5-18-11-9-12-19(6-2)24(18)15-23(22)16-25(17-24)20(7-3)13-10-14-21(25)8-4;2*1-7-5-3-2-4-6-7;;;/h3*5-14H2,1-4H3;2*2-6H,1H3;;;/q;;;;;3*+1. The summed E-state index contributed by atoms with van der Waals surface area (Å²) in [5, 5.41) is 0. The maximum absolute atomic E-state index is 13.0. The molecule has 24 nitrogen and oxygen atoms in total. The van der Waals surface area contributed by atoms with Crippen molar-refractivity contribution in [3.8, 4) is 0 Å². The summed E-state index contributed by atoms with van der Waals surface area (Å²) in [6.07, 6.45) is 6.77. The molecule has 92 heavy (non-hydrogen) atoms. The minimum absolute atomic E-state index is 0.